The first-order valence-electron chi connectivity index (χ1n) is 6.48. The van der Waals surface area contributed by atoms with E-state index in [4.69, 9.17) is 4.74 Å². The maximum Gasteiger partial charge on any atom is 0.249 e. The smallest absolute Gasteiger partial charge is 0.249 e. The van der Waals surface area contributed by atoms with Gasteiger partial charge in [0, 0.05) is 11.9 Å². The third kappa shape index (κ3) is 2.82. The fraction of sp³-hybridized carbons (Fsp3) is 0.333. The number of hydrogen-bond donors (Lipinski definition) is 1. The van der Waals surface area contributed by atoms with Crippen LogP contribution in [0.2, 0.25) is 0 Å². The molecule has 2 rings (SSSR count). The highest BCUT2D eigenvalue weighted by molar-refractivity contribution is 5.94. The van der Waals surface area contributed by atoms with Gasteiger partial charge >= 0.3 is 0 Å². The molecule has 1 heterocycles. The Balaban J connectivity index is 2.20. The summed E-state index contributed by atoms with van der Waals surface area (Å²) >= 11 is 0. The van der Waals surface area contributed by atoms with E-state index in [1.807, 2.05) is 45.0 Å². The molecule has 1 aromatic carbocycles. The summed E-state index contributed by atoms with van der Waals surface area (Å²) in [5, 5.41) is 7.06. The van der Waals surface area contributed by atoms with Crippen LogP contribution in [0.1, 0.15) is 24.2 Å². The third-order valence-electron chi connectivity index (χ3n) is 3.23. The van der Waals surface area contributed by atoms with Crippen molar-refractivity contribution in [1.29, 1.82) is 0 Å². The number of hydrogen-bond acceptors (Lipinski definition) is 3. The molecule has 2 aromatic rings. The van der Waals surface area contributed by atoms with E-state index in [9.17, 15) is 4.79 Å². The van der Waals surface area contributed by atoms with Crippen molar-refractivity contribution in [2.45, 2.75) is 26.8 Å². The van der Waals surface area contributed by atoms with Gasteiger partial charge in [-0.25, -0.2) is 0 Å². The van der Waals surface area contributed by atoms with Crippen LogP contribution in [0.25, 0.3) is 0 Å². The summed E-state index contributed by atoms with van der Waals surface area (Å²) in [5.41, 5.74) is 2.68. The lowest BCUT2D eigenvalue weighted by atomic mass is 10.2. The Kier molecular flexibility index (Phi) is 4.08. The molecular weight excluding hydrogens is 254 g/mol. The Morgan fingerprint density at radius 1 is 1.35 bits per heavy atom. The molecule has 20 heavy (non-hydrogen) atoms. The largest absolute Gasteiger partial charge is 0.495 e. The highest BCUT2D eigenvalue weighted by atomic mass is 16.5. The lowest BCUT2D eigenvalue weighted by Gasteiger charge is -2.16. The summed E-state index contributed by atoms with van der Waals surface area (Å²) in [6.07, 6.45) is 1.69. The molecule has 0 spiro atoms. The van der Waals surface area contributed by atoms with E-state index in [-0.39, 0.29) is 11.9 Å². The summed E-state index contributed by atoms with van der Waals surface area (Å²) < 4.78 is 6.95. The molecule has 0 aliphatic rings. The predicted octanol–water partition coefficient (Wildman–Crippen LogP) is 2.71. The van der Waals surface area contributed by atoms with Gasteiger partial charge in [0.2, 0.25) is 5.91 Å². The van der Waals surface area contributed by atoms with Gasteiger partial charge in [0.25, 0.3) is 0 Å². The van der Waals surface area contributed by atoms with Crippen LogP contribution in [0.15, 0.2) is 30.5 Å². The quantitative estimate of drug-likeness (QED) is 0.931. The number of benzene rings is 1. The van der Waals surface area contributed by atoms with E-state index in [2.05, 4.69) is 10.4 Å². The molecule has 1 atom stereocenters. The van der Waals surface area contributed by atoms with E-state index in [0.717, 1.165) is 11.3 Å². The van der Waals surface area contributed by atoms with E-state index in [1.165, 1.54) is 0 Å². The molecule has 1 aromatic heterocycles. The van der Waals surface area contributed by atoms with E-state index < -0.39 is 0 Å². The fourth-order valence-electron chi connectivity index (χ4n) is 2.05. The van der Waals surface area contributed by atoms with Gasteiger partial charge in [0.15, 0.2) is 0 Å². The van der Waals surface area contributed by atoms with Gasteiger partial charge in [0.05, 0.1) is 12.8 Å². The second-order valence-electron chi connectivity index (χ2n) is 4.79. The molecule has 1 amide bonds. The molecule has 106 valence electrons. The first-order valence-corrected chi connectivity index (χ1v) is 6.48. The molecule has 0 aliphatic carbocycles. The van der Waals surface area contributed by atoms with Gasteiger partial charge in [0.1, 0.15) is 11.8 Å². The topological polar surface area (TPSA) is 56.1 Å². The van der Waals surface area contributed by atoms with Gasteiger partial charge in [-0.3, -0.25) is 9.48 Å². The molecule has 0 radical (unpaired) electrons. The molecule has 1 unspecified atom stereocenters. The number of nitrogens with zero attached hydrogens (tertiary/aromatic N) is 2. The van der Waals surface area contributed by atoms with E-state index in [0.29, 0.717) is 11.4 Å². The van der Waals surface area contributed by atoms with Crippen LogP contribution in [0.4, 0.5) is 5.69 Å². The summed E-state index contributed by atoms with van der Waals surface area (Å²) in [6.45, 7) is 5.71. The van der Waals surface area contributed by atoms with Crippen molar-refractivity contribution in [3.63, 3.8) is 0 Å². The molecule has 0 fully saturated rings. The Morgan fingerprint density at radius 3 is 2.70 bits per heavy atom. The van der Waals surface area contributed by atoms with Gasteiger partial charge in [-0.2, -0.15) is 5.10 Å². The zero-order valence-corrected chi connectivity index (χ0v) is 12.2. The number of carbonyl (C=O) groups is 1. The van der Waals surface area contributed by atoms with Crippen LogP contribution in [-0.2, 0) is 4.79 Å². The normalized spacial score (nSPS) is 12.0. The molecule has 0 saturated heterocycles. The van der Waals surface area contributed by atoms with Gasteiger partial charge in [-0.1, -0.05) is 6.07 Å². The minimum absolute atomic E-state index is 0.124. The van der Waals surface area contributed by atoms with Crippen LogP contribution < -0.4 is 10.1 Å². The number of nitrogens with one attached hydrogen (secondary N) is 1. The van der Waals surface area contributed by atoms with Gasteiger partial charge in [-0.15, -0.1) is 0 Å². The molecule has 0 aliphatic heterocycles. The number of ether oxygens (including phenoxy) is 1. The molecule has 1 N–H and O–H groups in total. The zero-order valence-electron chi connectivity index (χ0n) is 12.2. The molecule has 0 saturated carbocycles. The first kappa shape index (κ1) is 14.1. The SMILES string of the molecule is COc1ccc(C)cc1NC(=O)C(C)n1nccc1C. The number of aromatic nitrogens is 2. The Hall–Kier alpha value is -2.30. The summed E-state index contributed by atoms with van der Waals surface area (Å²) in [5.74, 6) is 0.522. The first-order chi connectivity index (χ1) is 9.52. The number of aryl methyl sites for hydroxylation is 2. The maximum atomic E-state index is 12.3. The van der Waals surface area contributed by atoms with Gasteiger partial charge < -0.3 is 10.1 Å². The summed E-state index contributed by atoms with van der Waals surface area (Å²) in [7, 11) is 1.58. The summed E-state index contributed by atoms with van der Waals surface area (Å²) in [4.78, 5) is 12.3. The van der Waals surface area contributed by atoms with Crippen molar-refractivity contribution in [1.82, 2.24) is 9.78 Å². The summed E-state index contributed by atoms with van der Waals surface area (Å²) in [6, 6.07) is 7.16. The highest BCUT2D eigenvalue weighted by Gasteiger charge is 2.18. The van der Waals surface area contributed by atoms with Crippen molar-refractivity contribution in [2.24, 2.45) is 0 Å². The Bertz CT molecular complexity index is 619. The van der Waals surface area contributed by atoms with Crippen LogP contribution in [0, 0.1) is 13.8 Å². The third-order valence-corrected chi connectivity index (χ3v) is 3.23. The van der Waals surface area contributed by atoms with Crippen LogP contribution in [0.3, 0.4) is 0 Å². The lowest BCUT2D eigenvalue weighted by Crippen LogP contribution is -2.25. The molecule has 0 bridgehead atoms. The minimum Gasteiger partial charge on any atom is -0.495 e. The second kappa shape index (κ2) is 5.77. The number of methoxy groups -OCH3 is 1. The highest BCUT2D eigenvalue weighted by Crippen LogP contribution is 2.26. The minimum atomic E-state index is -0.379. The molecule has 5 heteroatoms. The van der Waals surface area contributed by atoms with E-state index >= 15 is 0 Å². The second-order valence-corrected chi connectivity index (χ2v) is 4.79. The average Bonchev–Trinajstić information content (AvgIpc) is 2.84. The van der Waals surface area contributed by atoms with Crippen LogP contribution in [0.5, 0.6) is 5.75 Å². The van der Waals surface area contributed by atoms with Gasteiger partial charge in [-0.05, 0) is 44.5 Å². The zero-order chi connectivity index (χ0) is 14.7. The number of carbonyl (C=O) groups excluding carboxylic acids is 1. The molecule has 5 nitrogen and oxygen atoms in total. The van der Waals surface area contributed by atoms with Crippen molar-refractivity contribution >= 4 is 11.6 Å². The number of rotatable bonds is 4. The standard InChI is InChI=1S/C15H19N3O2/c1-10-5-6-14(20-4)13(9-10)17-15(19)12(3)18-11(2)7-8-16-18/h5-9,12H,1-4H3,(H,17,19). The van der Waals surface area contributed by atoms with Crippen LogP contribution >= 0.6 is 0 Å². The van der Waals surface area contributed by atoms with Crippen molar-refractivity contribution in [2.75, 3.05) is 12.4 Å². The maximum absolute atomic E-state index is 12.3. The van der Waals surface area contributed by atoms with Crippen molar-refractivity contribution in [3.05, 3.63) is 41.7 Å². The Labute approximate surface area is 118 Å². The monoisotopic (exact) mass is 273 g/mol. The predicted molar refractivity (Wildman–Crippen MR) is 78.0 cm³/mol. The number of amides is 1. The van der Waals surface area contributed by atoms with Crippen molar-refractivity contribution < 1.29 is 9.53 Å². The fourth-order valence-corrected chi connectivity index (χ4v) is 2.05. The molecular formula is C15H19N3O2. The lowest BCUT2D eigenvalue weighted by molar-refractivity contribution is -0.119. The van der Waals surface area contributed by atoms with E-state index in [1.54, 1.807) is 18.0 Å². The van der Waals surface area contributed by atoms with Crippen LogP contribution in [-0.4, -0.2) is 22.8 Å². The Morgan fingerprint density at radius 2 is 2.10 bits per heavy atom. The average molecular weight is 273 g/mol. The number of anilines is 1. The van der Waals surface area contributed by atoms with Crippen molar-refractivity contribution in [3.8, 4) is 5.75 Å².